The van der Waals surface area contributed by atoms with E-state index in [0.717, 1.165) is 55.8 Å². The summed E-state index contributed by atoms with van der Waals surface area (Å²) in [6, 6.07) is 4.14. The molecular weight excluding hydrogens is 444 g/mol. The molecule has 0 aromatic carbocycles. The molecule has 9 nitrogen and oxygen atoms in total. The van der Waals surface area contributed by atoms with Crippen molar-refractivity contribution in [2.75, 3.05) is 37.9 Å². The third kappa shape index (κ3) is 4.31. The van der Waals surface area contributed by atoms with Crippen LogP contribution in [0, 0.1) is 23.7 Å². The van der Waals surface area contributed by atoms with Gasteiger partial charge in [0.15, 0.2) is 11.5 Å². The average Bonchev–Trinajstić information content (AvgIpc) is 3.65. The fourth-order valence-corrected chi connectivity index (χ4v) is 5.52. The first-order valence-electron chi connectivity index (χ1n) is 12.7. The fraction of sp³-hybridized carbons (Fsp3) is 0.577. The number of pyridine rings is 1. The molecule has 0 radical (unpaired) electrons. The van der Waals surface area contributed by atoms with Crippen LogP contribution >= 0.6 is 0 Å². The molecule has 6 rings (SSSR count). The molecule has 184 valence electrons. The smallest absolute Gasteiger partial charge is 0.177 e. The number of hydrogen-bond acceptors (Lipinski definition) is 7. The molecule has 2 N–H and O–H groups in total. The Labute approximate surface area is 204 Å². The van der Waals surface area contributed by atoms with Gasteiger partial charge in [0.2, 0.25) is 0 Å². The Morgan fingerprint density at radius 3 is 2.66 bits per heavy atom. The minimum absolute atomic E-state index is 0.198. The summed E-state index contributed by atoms with van der Waals surface area (Å²) in [7, 11) is 0. The molecule has 3 aromatic heterocycles. The molecule has 3 aliphatic rings. The van der Waals surface area contributed by atoms with Gasteiger partial charge in [-0.1, -0.05) is 11.8 Å². The van der Waals surface area contributed by atoms with Gasteiger partial charge >= 0.3 is 0 Å². The van der Waals surface area contributed by atoms with Crippen molar-refractivity contribution in [1.82, 2.24) is 25.0 Å². The Balaban J connectivity index is 1.35. The maximum absolute atomic E-state index is 12.0. The van der Waals surface area contributed by atoms with E-state index in [1.165, 1.54) is 0 Å². The van der Waals surface area contributed by atoms with Crippen LogP contribution in [0.5, 0.6) is 0 Å². The van der Waals surface area contributed by atoms with Gasteiger partial charge in [-0.2, -0.15) is 14.9 Å². The number of aromatic amines is 1. The van der Waals surface area contributed by atoms with E-state index in [1.54, 1.807) is 10.9 Å². The van der Waals surface area contributed by atoms with E-state index >= 15 is 0 Å². The first-order valence-corrected chi connectivity index (χ1v) is 12.7. The summed E-state index contributed by atoms with van der Waals surface area (Å²) in [5, 5.41) is 24.6. The molecule has 1 aliphatic carbocycles. The Morgan fingerprint density at radius 1 is 1.09 bits per heavy atom. The van der Waals surface area contributed by atoms with E-state index in [2.05, 4.69) is 45.0 Å². The summed E-state index contributed by atoms with van der Waals surface area (Å²) >= 11 is 0. The van der Waals surface area contributed by atoms with Gasteiger partial charge in [-0.15, -0.1) is 0 Å². The number of aliphatic hydroxyl groups is 1. The molecule has 35 heavy (non-hydrogen) atoms. The lowest BCUT2D eigenvalue weighted by atomic mass is 9.74. The first kappa shape index (κ1) is 22.5. The number of H-pyrrole nitrogens is 1. The van der Waals surface area contributed by atoms with Gasteiger partial charge in [0.1, 0.15) is 5.82 Å². The predicted molar refractivity (Wildman–Crippen MR) is 131 cm³/mol. The maximum Gasteiger partial charge on any atom is 0.177 e. The number of rotatable bonds is 3. The molecule has 3 aromatic rings. The van der Waals surface area contributed by atoms with Crippen LogP contribution < -0.4 is 4.90 Å². The molecule has 1 saturated carbocycles. The van der Waals surface area contributed by atoms with Crippen LogP contribution in [0.1, 0.15) is 44.6 Å². The minimum Gasteiger partial charge on any atom is -0.385 e. The summed E-state index contributed by atoms with van der Waals surface area (Å²) in [4.78, 5) is 7.27. The summed E-state index contributed by atoms with van der Waals surface area (Å²) in [5.41, 5.74) is 0.660. The maximum atomic E-state index is 12.0. The molecule has 3 fully saturated rings. The van der Waals surface area contributed by atoms with Crippen molar-refractivity contribution in [2.45, 2.75) is 50.7 Å². The van der Waals surface area contributed by atoms with Crippen molar-refractivity contribution in [2.24, 2.45) is 11.8 Å². The predicted octanol–water partition coefficient (Wildman–Crippen LogP) is 2.79. The zero-order valence-electron chi connectivity index (χ0n) is 20.1. The van der Waals surface area contributed by atoms with Crippen molar-refractivity contribution in [3.8, 4) is 17.7 Å². The number of hydrogen-bond donors (Lipinski definition) is 2. The second kappa shape index (κ2) is 9.26. The molecule has 2 atom stereocenters. The fourth-order valence-electron chi connectivity index (χ4n) is 5.52. The lowest BCUT2D eigenvalue weighted by Gasteiger charge is -2.37. The Morgan fingerprint density at radius 2 is 1.91 bits per heavy atom. The van der Waals surface area contributed by atoms with E-state index < -0.39 is 5.60 Å². The molecule has 9 heteroatoms. The number of nitrogens with one attached hydrogen (secondary N) is 1. The van der Waals surface area contributed by atoms with Gasteiger partial charge in [-0.25, -0.2) is 4.98 Å². The van der Waals surface area contributed by atoms with Crippen molar-refractivity contribution < 1.29 is 14.6 Å². The van der Waals surface area contributed by atoms with Crippen LogP contribution in [0.4, 0.5) is 5.82 Å². The van der Waals surface area contributed by atoms with Gasteiger partial charge in [-0.3, -0.25) is 5.10 Å². The zero-order valence-corrected chi connectivity index (χ0v) is 20.1. The molecule has 5 heterocycles. The standard InChI is InChI=1S/C26H32N6O3/c1-18-16-35-13-11-31(18)24-14-22(21-15-28-32(25(21)29-24)23-6-10-27-30-23)26(33)8-4-19(5-9-26)2-3-20-7-12-34-17-20/h6,10,14-15,18-20,33H,4-5,7-9,11-13,16-17H2,1H3,(H,27,30)/t18-,19?,20?,26?/m1/s1. The summed E-state index contributed by atoms with van der Waals surface area (Å²) < 4.78 is 12.9. The second-order valence-electron chi connectivity index (χ2n) is 10.0. The highest BCUT2D eigenvalue weighted by Gasteiger charge is 2.37. The lowest BCUT2D eigenvalue weighted by molar-refractivity contribution is -0.00663. The number of ether oxygens (including phenoxy) is 2. The number of fused-ring (bicyclic) bond motifs is 1. The zero-order chi connectivity index (χ0) is 23.8. The third-order valence-electron chi connectivity index (χ3n) is 7.63. The van der Waals surface area contributed by atoms with Crippen molar-refractivity contribution in [1.29, 1.82) is 0 Å². The second-order valence-corrected chi connectivity index (χ2v) is 10.0. The molecule has 2 aliphatic heterocycles. The van der Waals surface area contributed by atoms with E-state index in [-0.39, 0.29) is 6.04 Å². The van der Waals surface area contributed by atoms with Gasteiger partial charge in [0.05, 0.1) is 37.7 Å². The Bertz CT molecular complexity index is 1230. The Kier molecular flexibility index (Phi) is 5.96. The molecule has 1 unspecified atom stereocenters. The van der Waals surface area contributed by atoms with Gasteiger partial charge in [0.25, 0.3) is 0 Å². The highest BCUT2D eigenvalue weighted by molar-refractivity contribution is 5.83. The Hall–Kier alpha value is -2.93. The molecular formula is C26H32N6O3. The number of nitrogens with zero attached hydrogens (tertiary/aromatic N) is 5. The SMILES string of the molecule is C[C@@H]1COCCN1c1cc(C2(O)CCC(C#CC3CCOC3)CC2)c2cnn(-c3cc[nH]n3)c2n1. The molecule has 0 spiro atoms. The van der Waals surface area contributed by atoms with Crippen LogP contribution in [-0.2, 0) is 15.1 Å². The highest BCUT2D eigenvalue weighted by atomic mass is 16.5. The highest BCUT2D eigenvalue weighted by Crippen LogP contribution is 2.43. The summed E-state index contributed by atoms with van der Waals surface area (Å²) in [6.45, 7) is 5.79. The van der Waals surface area contributed by atoms with Gasteiger partial charge in [0, 0.05) is 42.6 Å². The van der Waals surface area contributed by atoms with Crippen LogP contribution in [0.3, 0.4) is 0 Å². The molecule has 0 bridgehead atoms. The van der Waals surface area contributed by atoms with Crippen LogP contribution in [0.25, 0.3) is 16.9 Å². The van der Waals surface area contributed by atoms with Crippen molar-refractivity contribution in [3.05, 3.63) is 30.1 Å². The largest absolute Gasteiger partial charge is 0.385 e. The quantitative estimate of drug-likeness (QED) is 0.561. The summed E-state index contributed by atoms with van der Waals surface area (Å²) in [5.74, 6) is 9.09. The van der Waals surface area contributed by atoms with E-state index in [0.29, 0.717) is 49.4 Å². The van der Waals surface area contributed by atoms with Crippen LogP contribution in [0.2, 0.25) is 0 Å². The molecule has 2 saturated heterocycles. The first-order chi connectivity index (χ1) is 17.1. The van der Waals surface area contributed by atoms with Crippen LogP contribution in [-0.4, -0.2) is 69.1 Å². The average molecular weight is 477 g/mol. The van der Waals surface area contributed by atoms with Crippen LogP contribution in [0.15, 0.2) is 24.5 Å². The molecule has 0 amide bonds. The van der Waals surface area contributed by atoms with E-state index in [1.807, 2.05) is 12.3 Å². The number of aromatic nitrogens is 5. The van der Waals surface area contributed by atoms with Gasteiger partial charge < -0.3 is 19.5 Å². The van der Waals surface area contributed by atoms with Crippen molar-refractivity contribution >= 4 is 16.9 Å². The third-order valence-corrected chi connectivity index (χ3v) is 7.63. The normalized spacial score (nSPS) is 29.3. The summed E-state index contributed by atoms with van der Waals surface area (Å²) in [6.07, 6.45) is 7.68. The topological polar surface area (TPSA) is 101 Å². The van der Waals surface area contributed by atoms with Crippen molar-refractivity contribution in [3.63, 3.8) is 0 Å². The number of anilines is 1. The van der Waals surface area contributed by atoms with E-state index in [4.69, 9.17) is 14.5 Å². The monoisotopic (exact) mass is 476 g/mol. The minimum atomic E-state index is -0.945. The van der Waals surface area contributed by atoms with E-state index in [9.17, 15) is 5.11 Å². The van der Waals surface area contributed by atoms with Gasteiger partial charge in [-0.05, 0) is 50.7 Å². The number of morpholine rings is 1. The lowest BCUT2D eigenvalue weighted by Crippen LogP contribution is -2.44.